The van der Waals surface area contributed by atoms with Crippen LogP contribution < -0.4 is 19.7 Å². The van der Waals surface area contributed by atoms with Gasteiger partial charge in [0.05, 0.1) is 12.4 Å². The molecule has 0 unspecified atom stereocenters. The minimum absolute atomic E-state index is 0.0621. The van der Waals surface area contributed by atoms with E-state index in [9.17, 15) is 18.0 Å². The van der Waals surface area contributed by atoms with Crippen LogP contribution in [0.1, 0.15) is 28.8 Å². The van der Waals surface area contributed by atoms with E-state index in [-0.39, 0.29) is 54.0 Å². The summed E-state index contributed by atoms with van der Waals surface area (Å²) in [4.78, 5) is 18.7. The van der Waals surface area contributed by atoms with Crippen LogP contribution in [0.4, 0.5) is 19.0 Å². The highest BCUT2D eigenvalue weighted by Gasteiger charge is 2.38. The van der Waals surface area contributed by atoms with Crippen molar-refractivity contribution in [1.82, 2.24) is 19.9 Å². The Morgan fingerprint density at radius 3 is 2.88 bits per heavy atom. The Morgan fingerprint density at radius 1 is 1.22 bits per heavy atom. The summed E-state index contributed by atoms with van der Waals surface area (Å²) in [5.74, 6) is -0.0235. The lowest BCUT2D eigenvalue weighted by atomic mass is 9.89. The van der Waals surface area contributed by atoms with Gasteiger partial charge in [-0.1, -0.05) is 0 Å². The molecule has 11 heteroatoms. The maximum atomic E-state index is 14.1. The van der Waals surface area contributed by atoms with Crippen LogP contribution in [0.25, 0.3) is 5.65 Å². The Hall–Kier alpha value is -3.50. The number of carbonyl (C=O) groups is 1. The highest BCUT2D eigenvalue weighted by atomic mass is 19.3. The second-order valence-electron chi connectivity index (χ2n) is 8.23. The standard InChI is InChI=1S/C21H18F3N5O3/c22-11-1-2-16-10(3-11)7-28-15(18(23)24)9-31-17-8-29-19(27-20(17)28)14(6-25-29)21(30)26-12-4-13(5-12)32-16/h1-3,6,8,12-13,15,18H,4-5,7,9H2,(H,26,30)/t12?,13?,15-/m0/s1. The highest BCUT2D eigenvalue weighted by molar-refractivity contribution is 6.00. The minimum atomic E-state index is -2.74. The van der Waals surface area contributed by atoms with E-state index in [0.29, 0.717) is 24.2 Å². The maximum absolute atomic E-state index is 14.1. The number of halogens is 3. The van der Waals surface area contributed by atoms with Gasteiger partial charge >= 0.3 is 0 Å². The number of alkyl halides is 2. The maximum Gasteiger partial charge on any atom is 0.261 e. The first-order chi connectivity index (χ1) is 15.5. The summed E-state index contributed by atoms with van der Waals surface area (Å²) in [5.41, 5.74) is 0.900. The summed E-state index contributed by atoms with van der Waals surface area (Å²) in [6, 6.07) is 2.69. The average Bonchev–Trinajstić information content (AvgIpc) is 3.14. The minimum Gasteiger partial charge on any atom is -0.490 e. The Labute approximate surface area is 179 Å². The van der Waals surface area contributed by atoms with E-state index in [1.54, 1.807) is 0 Å². The van der Waals surface area contributed by atoms with Gasteiger partial charge in [-0.25, -0.2) is 22.7 Å². The molecule has 1 N–H and O–H groups in total. The molecule has 8 nitrogen and oxygen atoms in total. The highest BCUT2D eigenvalue weighted by Crippen LogP contribution is 2.38. The van der Waals surface area contributed by atoms with E-state index in [2.05, 4.69) is 15.4 Å². The summed E-state index contributed by atoms with van der Waals surface area (Å²) in [7, 11) is 0. The van der Waals surface area contributed by atoms with Crippen molar-refractivity contribution in [2.45, 2.75) is 44.0 Å². The molecule has 1 aliphatic carbocycles. The van der Waals surface area contributed by atoms with Crippen molar-refractivity contribution in [3.8, 4) is 11.5 Å². The molecule has 7 rings (SSSR count). The van der Waals surface area contributed by atoms with Gasteiger partial charge in [0.15, 0.2) is 17.2 Å². The molecule has 0 spiro atoms. The Kier molecular flexibility index (Phi) is 4.21. The summed E-state index contributed by atoms with van der Waals surface area (Å²) in [5, 5.41) is 7.10. The van der Waals surface area contributed by atoms with Crippen LogP contribution in [0.2, 0.25) is 0 Å². The molecule has 2 aromatic heterocycles. The van der Waals surface area contributed by atoms with Crippen LogP contribution in [0, 0.1) is 5.82 Å². The number of fused-ring (bicyclic) bond motifs is 1. The molecule has 3 aromatic rings. The number of amides is 1. The van der Waals surface area contributed by atoms with E-state index < -0.39 is 18.3 Å². The van der Waals surface area contributed by atoms with Crippen molar-refractivity contribution in [3.63, 3.8) is 0 Å². The second-order valence-corrected chi connectivity index (χ2v) is 8.23. The van der Waals surface area contributed by atoms with Crippen molar-refractivity contribution < 1.29 is 27.4 Å². The number of hydrogen-bond acceptors (Lipinski definition) is 6. The van der Waals surface area contributed by atoms with Gasteiger partial charge in [0, 0.05) is 31.0 Å². The largest absolute Gasteiger partial charge is 0.490 e. The molecule has 1 fully saturated rings. The lowest BCUT2D eigenvalue weighted by Crippen LogP contribution is -2.49. The van der Waals surface area contributed by atoms with E-state index >= 15 is 0 Å². The zero-order valence-corrected chi connectivity index (χ0v) is 16.7. The lowest BCUT2D eigenvalue weighted by molar-refractivity contribution is 0.0680. The van der Waals surface area contributed by atoms with E-state index in [1.807, 2.05) is 0 Å². The van der Waals surface area contributed by atoms with Crippen molar-refractivity contribution in [2.24, 2.45) is 0 Å². The third kappa shape index (κ3) is 3.02. The van der Waals surface area contributed by atoms with Crippen molar-refractivity contribution in [1.29, 1.82) is 0 Å². The molecule has 4 bridgehead atoms. The number of carbonyl (C=O) groups excluding carboxylic acids is 1. The number of nitrogens with one attached hydrogen (secondary N) is 1. The molecule has 1 aromatic carbocycles. The second kappa shape index (κ2) is 7.01. The number of benzene rings is 1. The Balaban J connectivity index is 1.54. The van der Waals surface area contributed by atoms with Crippen LogP contribution >= 0.6 is 0 Å². The first-order valence-corrected chi connectivity index (χ1v) is 10.3. The molecule has 0 radical (unpaired) electrons. The summed E-state index contributed by atoms with van der Waals surface area (Å²) in [6.07, 6.45) is 1.17. The number of aromatic nitrogens is 3. The Bertz CT molecular complexity index is 1230. The lowest BCUT2D eigenvalue weighted by Gasteiger charge is -2.39. The molecule has 4 aliphatic rings. The van der Waals surface area contributed by atoms with Gasteiger partial charge in [-0.15, -0.1) is 0 Å². The summed E-state index contributed by atoms with van der Waals surface area (Å²) in [6.45, 7) is -0.338. The van der Waals surface area contributed by atoms with Gasteiger partial charge in [-0.3, -0.25) is 4.79 Å². The van der Waals surface area contributed by atoms with Crippen LogP contribution in [-0.2, 0) is 6.54 Å². The first kappa shape index (κ1) is 19.2. The van der Waals surface area contributed by atoms with Gasteiger partial charge in [0.1, 0.15) is 35.9 Å². The predicted octanol–water partition coefficient (Wildman–Crippen LogP) is 2.55. The van der Waals surface area contributed by atoms with Gasteiger partial charge in [0.25, 0.3) is 12.3 Å². The molecule has 1 atom stereocenters. The molecule has 1 saturated carbocycles. The molecule has 166 valence electrons. The average molecular weight is 445 g/mol. The topological polar surface area (TPSA) is 81.0 Å². The predicted molar refractivity (Wildman–Crippen MR) is 106 cm³/mol. The zero-order valence-electron chi connectivity index (χ0n) is 16.7. The molecule has 0 saturated heterocycles. The Morgan fingerprint density at radius 2 is 2.06 bits per heavy atom. The molecular formula is C21H18F3N5O3. The fourth-order valence-corrected chi connectivity index (χ4v) is 4.37. The van der Waals surface area contributed by atoms with Gasteiger partial charge in [0.2, 0.25) is 0 Å². The molecule has 5 heterocycles. The van der Waals surface area contributed by atoms with Gasteiger partial charge < -0.3 is 19.7 Å². The third-order valence-corrected chi connectivity index (χ3v) is 6.15. The smallest absolute Gasteiger partial charge is 0.261 e. The van der Waals surface area contributed by atoms with Crippen molar-refractivity contribution in [3.05, 3.63) is 47.5 Å². The van der Waals surface area contributed by atoms with Gasteiger partial charge in [-0.2, -0.15) is 5.10 Å². The van der Waals surface area contributed by atoms with Crippen LogP contribution in [0.5, 0.6) is 11.5 Å². The summed E-state index contributed by atoms with van der Waals surface area (Å²) < 4.78 is 55.0. The summed E-state index contributed by atoms with van der Waals surface area (Å²) >= 11 is 0. The quantitative estimate of drug-likeness (QED) is 0.620. The van der Waals surface area contributed by atoms with Crippen LogP contribution in [-0.4, -0.2) is 51.7 Å². The van der Waals surface area contributed by atoms with E-state index in [1.165, 1.54) is 40.0 Å². The third-order valence-electron chi connectivity index (χ3n) is 6.15. The van der Waals surface area contributed by atoms with Gasteiger partial charge in [-0.05, 0) is 18.2 Å². The van der Waals surface area contributed by atoms with Crippen molar-refractivity contribution in [2.75, 3.05) is 11.5 Å². The zero-order chi connectivity index (χ0) is 22.0. The van der Waals surface area contributed by atoms with E-state index in [4.69, 9.17) is 9.47 Å². The molecule has 3 aliphatic heterocycles. The fourth-order valence-electron chi connectivity index (χ4n) is 4.37. The number of hydrogen-bond donors (Lipinski definition) is 1. The number of anilines is 1. The monoisotopic (exact) mass is 445 g/mol. The fraction of sp³-hybridized carbons (Fsp3) is 0.381. The molecule has 32 heavy (non-hydrogen) atoms. The first-order valence-electron chi connectivity index (χ1n) is 10.3. The van der Waals surface area contributed by atoms with Crippen LogP contribution in [0.3, 0.4) is 0 Å². The molecule has 1 amide bonds. The van der Waals surface area contributed by atoms with Crippen molar-refractivity contribution >= 4 is 17.4 Å². The normalized spacial score (nSPS) is 24.3. The number of nitrogens with zero attached hydrogens (tertiary/aromatic N) is 4. The van der Waals surface area contributed by atoms with Crippen LogP contribution in [0.15, 0.2) is 30.6 Å². The number of ether oxygens (including phenoxy) is 2. The van der Waals surface area contributed by atoms with E-state index in [0.717, 1.165) is 0 Å². The number of rotatable bonds is 1. The SMILES string of the molecule is O=C1NC2CC(C2)Oc2ccc(F)cc2CN2c3nc4c1cnn4cc3OC[C@H]2C(F)F. The molecular weight excluding hydrogens is 427 g/mol.